The Kier molecular flexibility index (Phi) is 31.1. The number of ether oxygens (including phenoxy) is 2. The molecule has 2 fully saturated rings. The normalized spacial score (nSPS) is 16.9. The Morgan fingerprint density at radius 3 is 1.51 bits per heavy atom. The maximum absolute atomic E-state index is 12.0. The number of aromatic nitrogens is 2. The molecule has 1 aromatic heterocycles. The van der Waals surface area contributed by atoms with Gasteiger partial charge in [0.2, 0.25) is 6.08 Å². The third-order valence-electron chi connectivity index (χ3n) is 13.6. The molecule has 6 amide bonds. The van der Waals surface area contributed by atoms with Crippen molar-refractivity contribution in [1.82, 2.24) is 25.9 Å². The first kappa shape index (κ1) is 74.9. The van der Waals surface area contributed by atoms with Crippen LogP contribution in [0.25, 0.3) is 11.4 Å². The van der Waals surface area contributed by atoms with Crippen LogP contribution in [0.2, 0.25) is 0 Å². The molecule has 4 heterocycles. The van der Waals surface area contributed by atoms with Gasteiger partial charge in [0.05, 0.1) is 99.3 Å². The molecule has 0 bridgehead atoms. The summed E-state index contributed by atoms with van der Waals surface area (Å²) in [6, 6.07) is 27.5. The highest BCUT2D eigenvalue weighted by atomic mass is 79.9. The number of benzene rings is 4. The molecule has 30 heteroatoms. The second kappa shape index (κ2) is 37.0. The maximum Gasteiger partial charge on any atom is 0.494 e. The number of nitrogens with zero attached hydrogens (tertiary/aromatic N) is 4. The summed E-state index contributed by atoms with van der Waals surface area (Å²) in [5.74, 6) is 1.49. The number of aliphatic hydroxyl groups is 8. The van der Waals surface area contributed by atoms with Gasteiger partial charge in [0.15, 0.2) is 5.82 Å². The van der Waals surface area contributed by atoms with Gasteiger partial charge in [0.25, 0.3) is 0 Å². The molecular weight excluding hydrogens is 1290 g/mol. The highest BCUT2D eigenvalue weighted by Crippen LogP contribution is 2.41. The molecule has 89 heavy (non-hydrogen) atoms. The number of rotatable bonds is 18. The predicted molar refractivity (Wildman–Crippen MR) is 344 cm³/mol. The molecule has 0 unspecified atom stereocenters. The number of nitrogens with one attached hydrogen (secondary N) is 6. The minimum atomic E-state index is -0.994. The van der Waals surface area contributed by atoms with Crippen LogP contribution in [0, 0.1) is 0 Å². The lowest BCUT2D eigenvalue weighted by Crippen LogP contribution is -2.44. The minimum absolute atomic E-state index is 0.0128. The molecule has 8 rings (SSSR count). The maximum atomic E-state index is 12.0. The topological polar surface area (TPSA) is 407 Å². The molecule has 0 spiro atoms. The Balaban J connectivity index is 0.000000264. The molecule has 486 valence electrons. The number of urea groups is 3. The summed E-state index contributed by atoms with van der Waals surface area (Å²) < 4.78 is 25.5. The van der Waals surface area contributed by atoms with Gasteiger partial charge >= 0.3 is 25.2 Å². The fourth-order valence-electron chi connectivity index (χ4n) is 7.76. The third-order valence-corrected chi connectivity index (χ3v) is 14.6. The van der Waals surface area contributed by atoms with Gasteiger partial charge in [0.1, 0.15) is 11.4 Å². The van der Waals surface area contributed by atoms with Crippen molar-refractivity contribution in [3.63, 3.8) is 0 Å². The van der Waals surface area contributed by atoms with E-state index in [0.717, 1.165) is 43.6 Å². The number of nitrogens with two attached hydrogens (primary N) is 1. The predicted octanol–water partition coefficient (Wildman–Crippen LogP) is 3.71. The molecule has 16 N–H and O–H groups in total. The standard InChI is InChI=1S/C23H31N5O5.C16H25BN2O5.C10H13BrN2O3.C7H4BrNO.C3H9NO2/c1-14-12-32-9-8-28(14)21-18-13-33-23(2,3)19(18)26-20(27-21)15-4-6-16(7-5-15)25-22(31)24-10-17(30)11-29;1-15(2)16(3,4)24-17(23-15)11-5-7-12(8-6-11)19-14(22)18-9-13(21)10-20;11-7-1-3-8(4-2-7)13-10(16)12-5-9(15)6-14;8-6-1-3-7(4-2-6)9-5-10;4-1-3(6)2-5/h4-7,14,17,29-30H,8-13H2,1-3H3,(H2,24,25,31);5-8,13,20-21H,9-10H2,1-4H3,(H2,18,19,22);1-4,9,14-15H,5-6H2,(H2,12,13,16);1-4H;3,5-6H,1-2,4H2/t14-,17+;13-;9-;;3-/m011.1/s1. The number of anilines is 4. The van der Waals surface area contributed by atoms with E-state index < -0.39 is 79.6 Å². The number of morpholine rings is 1. The van der Waals surface area contributed by atoms with Crippen LogP contribution in [0.15, 0.2) is 111 Å². The average Bonchev–Trinajstić information content (AvgIpc) is 1.72. The van der Waals surface area contributed by atoms with Crippen LogP contribution in [0.1, 0.15) is 59.7 Å². The van der Waals surface area contributed by atoms with Crippen LogP contribution in [-0.2, 0) is 35.8 Å². The van der Waals surface area contributed by atoms with Crippen molar-refractivity contribution >= 4 is 97.2 Å². The summed E-state index contributed by atoms with van der Waals surface area (Å²) in [6.45, 7) is 15.3. The van der Waals surface area contributed by atoms with Crippen LogP contribution < -0.4 is 48.0 Å². The summed E-state index contributed by atoms with van der Waals surface area (Å²) >= 11 is 6.54. The third kappa shape index (κ3) is 25.0. The number of aliphatic hydroxyl groups excluding tert-OH is 8. The second-order valence-corrected chi connectivity index (χ2v) is 23.5. The molecule has 5 atom stereocenters. The summed E-state index contributed by atoms with van der Waals surface area (Å²) in [4.78, 5) is 60.2. The van der Waals surface area contributed by atoms with E-state index in [1.807, 2.05) is 77.9 Å². The molecular formula is C59H82BBr2N11O16. The number of carbonyl (C=O) groups is 3. The summed E-state index contributed by atoms with van der Waals surface area (Å²) in [5.41, 5.74) is 9.64. The first-order valence-corrected chi connectivity index (χ1v) is 29.8. The van der Waals surface area contributed by atoms with Crippen LogP contribution in [-0.4, -0.2) is 196 Å². The fraction of sp³-hybridized carbons (Fsp3) is 0.458. The zero-order valence-electron chi connectivity index (χ0n) is 50.7. The van der Waals surface area contributed by atoms with Crippen molar-refractivity contribution in [1.29, 1.82) is 0 Å². The Morgan fingerprint density at radius 1 is 0.674 bits per heavy atom. The lowest BCUT2D eigenvalue weighted by molar-refractivity contribution is -0.0100. The molecule has 0 radical (unpaired) electrons. The number of hydrogen-bond donors (Lipinski definition) is 15. The number of carbonyl (C=O) groups excluding carboxylic acids is 4. The molecule has 27 nitrogen and oxygen atoms in total. The van der Waals surface area contributed by atoms with Crippen molar-refractivity contribution in [3.05, 3.63) is 117 Å². The zero-order valence-corrected chi connectivity index (χ0v) is 53.8. The van der Waals surface area contributed by atoms with Gasteiger partial charge in [-0.3, -0.25) is 0 Å². The van der Waals surface area contributed by atoms with Gasteiger partial charge in [-0.2, -0.15) is 4.99 Å². The molecule has 0 saturated carbocycles. The first-order valence-electron chi connectivity index (χ1n) is 28.2. The van der Waals surface area contributed by atoms with Crippen LogP contribution in [0.5, 0.6) is 0 Å². The van der Waals surface area contributed by atoms with Crippen LogP contribution >= 0.6 is 31.9 Å². The van der Waals surface area contributed by atoms with Gasteiger partial charge < -0.3 is 102 Å². The number of aliphatic imine (C=N–C) groups is 1. The summed E-state index contributed by atoms with van der Waals surface area (Å²) in [7, 11) is -0.447. The van der Waals surface area contributed by atoms with E-state index in [9.17, 15) is 29.4 Å². The Bertz CT molecular complexity index is 3010. The zero-order chi connectivity index (χ0) is 65.9. The average molecular weight is 1370 g/mol. The SMILES string of the molecule is CC1(C)OB(c2ccc(NC(=O)NC[C@@H](O)CO)cc2)OC1(C)C.C[C@H]1COCCN1c1nc(-c2ccc(NC(=O)NC[C@@H](O)CO)cc2)nc2c1COC2(C)C.NC[C@@H](O)CO.O=C(NC[C@@H](O)CO)Nc1ccc(Br)cc1.O=C=Nc1ccc(Br)cc1. The number of halogens is 2. The Hall–Kier alpha value is -6.55. The molecule has 2 saturated heterocycles. The monoisotopic (exact) mass is 1370 g/mol. The highest BCUT2D eigenvalue weighted by Gasteiger charge is 2.51. The van der Waals surface area contributed by atoms with Crippen molar-refractivity contribution in [3.8, 4) is 11.4 Å². The van der Waals surface area contributed by atoms with Crippen molar-refractivity contribution in [2.24, 2.45) is 10.7 Å². The van der Waals surface area contributed by atoms with Gasteiger partial charge in [-0.1, -0.05) is 44.0 Å². The number of fused-ring (bicyclic) bond motifs is 1. The number of amides is 6. The fourth-order valence-corrected chi connectivity index (χ4v) is 8.29. The Morgan fingerprint density at radius 2 is 1.10 bits per heavy atom. The first-order chi connectivity index (χ1) is 42.2. The molecule has 0 aliphatic carbocycles. The van der Waals surface area contributed by atoms with Crippen LogP contribution in [0.3, 0.4) is 0 Å². The molecule has 3 aliphatic heterocycles. The quantitative estimate of drug-likeness (QED) is 0.0338. The van der Waals surface area contributed by atoms with E-state index in [-0.39, 0.29) is 45.4 Å². The molecule has 3 aliphatic rings. The minimum Gasteiger partial charge on any atom is -0.399 e. The van der Waals surface area contributed by atoms with Gasteiger partial charge in [-0.25, -0.2) is 29.1 Å². The number of isocyanates is 1. The Labute approximate surface area is 534 Å². The summed E-state index contributed by atoms with van der Waals surface area (Å²) in [5, 5.41) is 85.2. The lowest BCUT2D eigenvalue weighted by Gasteiger charge is -2.35. The van der Waals surface area contributed by atoms with E-state index in [0.29, 0.717) is 48.4 Å². The molecule has 4 aromatic carbocycles. The van der Waals surface area contributed by atoms with Crippen molar-refractivity contribution in [2.75, 3.05) is 93.2 Å². The lowest BCUT2D eigenvalue weighted by atomic mass is 9.79. The van der Waals surface area contributed by atoms with Crippen LogP contribution in [0.4, 0.5) is 43.0 Å². The summed E-state index contributed by atoms with van der Waals surface area (Å²) in [6.07, 6.45) is -2.17. The molecule has 5 aromatic rings. The smallest absolute Gasteiger partial charge is 0.399 e. The van der Waals surface area contributed by atoms with E-state index >= 15 is 0 Å². The van der Waals surface area contributed by atoms with Crippen molar-refractivity contribution < 1.29 is 78.8 Å². The largest absolute Gasteiger partial charge is 0.494 e. The van der Waals surface area contributed by atoms with E-state index in [1.54, 1.807) is 60.7 Å². The van der Waals surface area contributed by atoms with E-state index in [4.69, 9.17) is 65.1 Å². The van der Waals surface area contributed by atoms with Gasteiger partial charge in [0, 0.05) is 69.9 Å². The second-order valence-electron chi connectivity index (χ2n) is 21.7. The van der Waals surface area contributed by atoms with Crippen molar-refractivity contribution in [2.45, 2.75) is 102 Å². The van der Waals surface area contributed by atoms with Gasteiger partial charge in [-0.15, -0.1) is 0 Å². The van der Waals surface area contributed by atoms with E-state index in [2.05, 4.69) is 80.6 Å². The number of hydrogen-bond acceptors (Lipinski definition) is 21. The van der Waals surface area contributed by atoms with Gasteiger partial charge in [-0.05, 0) is 139 Å². The highest BCUT2D eigenvalue weighted by molar-refractivity contribution is 9.10. The van der Waals surface area contributed by atoms with E-state index in [1.165, 1.54) is 6.08 Å².